The number of ether oxygens (including phenoxy) is 15. The van der Waals surface area contributed by atoms with E-state index in [1.165, 1.54) is 142 Å². The highest BCUT2D eigenvalue weighted by Gasteiger charge is 2.32. The fraction of sp³-hybridized carbons (Fsp3) is 0.633. The van der Waals surface area contributed by atoms with E-state index >= 15 is 0 Å². The molecule has 5 aromatic rings. The van der Waals surface area contributed by atoms with E-state index in [2.05, 4.69) is 4.74 Å². The number of hydrogen-bond donors (Lipinski definition) is 3. The first-order valence-electron chi connectivity index (χ1n) is 44.8. The lowest BCUT2D eigenvalue weighted by atomic mass is 9.96. The summed E-state index contributed by atoms with van der Waals surface area (Å²) >= 11 is 0. The molecule has 2 atom stereocenters. The van der Waals surface area contributed by atoms with Crippen LogP contribution in [0.2, 0.25) is 0 Å². The SMILES string of the molecule is C.C.C.C.C.C.C.C.CC(C)(CO)COC(=O)c1ccc(C(=O)OCC(C)(C)CO)cc1.CCOC(C)C.CCOC(C)C.CCOP(C)(=O)OCC(C)(C)COC(=O)c1ccc(C(=O)OCC(C)(C)COC)cc1.CCOP(C)(=O)OCC(C)(C)COC(=O)c1ccc(C(=O)OCC(C)(C)COC)cc1.COCC(C)(C)COC(=O)c1ccc(C(=O)O)cc1.COCC(C)(C)COC(=O)c1ccc(C(=O)OC)cc1. The highest BCUT2D eigenvalue weighted by molar-refractivity contribution is 7.53. The summed E-state index contributed by atoms with van der Waals surface area (Å²) in [6.07, 6.45) is 0.796. The first-order valence-corrected chi connectivity index (χ1v) is 48.8. The fourth-order valence-electron chi connectivity index (χ4n) is 10.3. The second-order valence-corrected chi connectivity index (χ2v) is 42.7. The number of esters is 9. The van der Waals surface area contributed by atoms with Gasteiger partial charge in [0, 0.05) is 98.3 Å². The van der Waals surface area contributed by atoms with E-state index in [1.807, 2.05) is 125 Å². The third kappa shape index (κ3) is 72.7. The smallest absolute Gasteiger partial charge is 0.338 e. The minimum absolute atomic E-state index is 0. The molecular weight excluding hydrogens is 1920 g/mol. The molecule has 36 heteroatoms. The maximum atomic E-state index is 12.3. The number of methoxy groups -OCH3 is 5. The highest BCUT2D eigenvalue weighted by Crippen LogP contribution is 2.46. The average molecular weight is 2110 g/mol. The van der Waals surface area contributed by atoms with Gasteiger partial charge in [-0.3, -0.25) is 9.13 Å². The Kier molecular flexibility index (Phi) is 83.9. The summed E-state index contributed by atoms with van der Waals surface area (Å²) < 4.78 is 122. The third-order valence-electron chi connectivity index (χ3n) is 17.8. The molecule has 0 saturated heterocycles. The second kappa shape index (κ2) is 78.1. The molecule has 5 rings (SSSR count). The number of aromatic carboxylic acids is 1. The Bertz CT molecular complexity index is 4270. The van der Waals surface area contributed by atoms with Crippen molar-refractivity contribution in [1.82, 2.24) is 0 Å². The van der Waals surface area contributed by atoms with Crippen molar-refractivity contribution in [3.63, 3.8) is 0 Å². The topological polar surface area (TPSA) is 441 Å². The van der Waals surface area contributed by atoms with Crippen LogP contribution in [0.1, 0.15) is 329 Å². The zero-order valence-corrected chi connectivity index (χ0v) is 88.5. The van der Waals surface area contributed by atoms with Crippen LogP contribution in [0, 0.1) is 43.3 Å². The van der Waals surface area contributed by atoms with Crippen LogP contribution in [0.3, 0.4) is 0 Å². The molecule has 0 aliphatic carbocycles. The summed E-state index contributed by atoms with van der Waals surface area (Å²) in [5, 5.41) is 27.0. The van der Waals surface area contributed by atoms with Crippen LogP contribution in [0.5, 0.6) is 0 Å². The molecule has 0 aliphatic rings. The van der Waals surface area contributed by atoms with E-state index in [-0.39, 0.29) is 179 Å². The number of benzene rings is 5. The molecule has 0 amide bonds. The predicted molar refractivity (Wildman–Crippen MR) is 574 cm³/mol. The molecular formula is C109H190O34P2. The van der Waals surface area contributed by atoms with Crippen LogP contribution in [0.4, 0.5) is 0 Å². The molecule has 0 aromatic heterocycles. The van der Waals surface area contributed by atoms with Crippen molar-refractivity contribution in [1.29, 1.82) is 0 Å². The van der Waals surface area contributed by atoms with Gasteiger partial charge in [0.2, 0.25) is 0 Å². The van der Waals surface area contributed by atoms with Crippen molar-refractivity contribution in [3.05, 3.63) is 177 Å². The molecule has 145 heavy (non-hydrogen) atoms. The zero-order chi connectivity index (χ0) is 105. The Balaban J connectivity index is -0.000000190. The van der Waals surface area contributed by atoms with Gasteiger partial charge in [0.05, 0.1) is 194 Å². The number of rotatable bonds is 50. The standard InChI is InChI=1S/2C22H35O8P.C18H26O6.C15H20O5.C14H18O5.2C5H12O.8CH4/c2*1-8-29-31(7,25)30-16-22(4,5)15-28-20(24)18-11-9-17(10-12-18)19(23)27-14-21(2,3)13-26-6;1-17(2,9-19)11-23-15(21)13-5-7-14(8-6-13)16(22)24-12-18(3,4)10-20;1-15(2,9-18-3)10-20-14(17)12-7-5-11(6-8-12)13(16)19-4;1-14(2,8-18-3)9-19-13(17)11-6-4-10(5-7-11)12(15)16;2*1-4-6-5(2)3;;;;;;;;/h2*9-12H,8,13-16H2,1-7H3;5-8,19-20H,9-12H2,1-4H3;5-8H,9-10H2,1-4H3;4-7H,8-9H2,1-3H3,(H,15,16);2*5H,4H2,1-3H3;8*1H4. The first-order chi connectivity index (χ1) is 63.5. The lowest BCUT2D eigenvalue weighted by Gasteiger charge is -2.25. The van der Waals surface area contributed by atoms with E-state index in [4.69, 9.17) is 99.7 Å². The van der Waals surface area contributed by atoms with E-state index in [0.717, 1.165) is 13.2 Å². The van der Waals surface area contributed by atoms with Gasteiger partial charge < -0.3 is 104 Å². The van der Waals surface area contributed by atoms with Crippen molar-refractivity contribution in [2.45, 2.75) is 238 Å². The number of aliphatic hydroxyl groups excluding tert-OH is 2. The normalized spacial score (nSPS) is 11.8. The first kappa shape index (κ1) is 156. The van der Waals surface area contributed by atoms with Gasteiger partial charge in [0.15, 0.2) is 0 Å². The van der Waals surface area contributed by atoms with E-state index < -0.39 is 96.5 Å². The fourth-order valence-corrected chi connectivity index (χ4v) is 12.5. The number of carbonyl (C=O) groups excluding carboxylic acids is 9. The molecule has 3 N–H and O–H groups in total. The van der Waals surface area contributed by atoms with Gasteiger partial charge in [-0.2, -0.15) is 0 Å². The van der Waals surface area contributed by atoms with Crippen LogP contribution in [0.15, 0.2) is 121 Å². The third-order valence-corrected chi connectivity index (χ3v) is 20.5. The highest BCUT2D eigenvalue weighted by atomic mass is 31.2. The van der Waals surface area contributed by atoms with E-state index in [1.54, 1.807) is 70.0 Å². The van der Waals surface area contributed by atoms with Crippen LogP contribution in [0.25, 0.3) is 0 Å². The van der Waals surface area contributed by atoms with Gasteiger partial charge >= 0.3 is 74.9 Å². The van der Waals surface area contributed by atoms with Crippen LogP contribution in [-0.4, -0.2) is 268 Å². The maximum Gasteiger partial charge on any atom is 0.338 e. The van der Waals surface area contributed by atoms with Crippen molar-refractivity contribution < 1.29 is 162 Å². The number of aliphatic hydroxyl groups is 2. The lowest BCUT2D eigenvalue weighted by Crippen LogP contribution is -2.27. The molecule has 34 nitrogen and oxygen atoms in total. The molecule has 2 unspecified atom stereocenters. The Morgan fingerprint density at radius 1 is 0.248 bits per heavy atom. The van der Waals surface area contributed by atoms with Gasteiger partial charge in [-0.25, -0.2) is 47.9 Å². The summed E-state index contributed by atoms with van der Waals surface area (Å²) in [6.45, 7) is 53.8. The molecule has 0 saturated carbocycles. The number of carboxylic acids is 1. The van der Waals surface area contributed by atoms with Crippen molar-refractivity contribution in [2.75, 3.05) is 181 Å². The van der Waals surface area contributed by atoms with Gasteiger partial charge in [-0.05, 0) is 177 Å². The van der Waals surface area contributed by atoms with Crippen molar-refractivity contribution in [2.24, 2.45) is 43.3 Å². The second-order valence-electron chi connectivity index (χ2n) is 38.6. The minimum Gasteiger partial charge on any atom is -0.478 e. The summed E-state index contributed by atoms with van der Waals surface area (Å²) in [6, 6.07) is 29.8. The van der Waals surface area contributed by atoms with Crippen molar-refractivity contribution in [3.8, 4) is 0 Å². The lowest BCUT2D eigenvalue weighted by molar-refractivity contribution is 0.0131. The van der Waals surface area contributed by atoms with E-state index in [0.29, 0.717) is 88.7 Å². The maximum absolute atomic E-state index is 12.3. The summed E-state index contributed by atoms with van der Waals surface area (Å²) in [4.78, 5) is 119. The summed E-state index contributed by atoms with van der Waals surface area (Å²) in [5.74, 6) is -5.39. The monoisotopic (exact) mass is 2110 g/mol. The Morgan fingerprint density at radius 2 is 0.400 bits per heavy atom. The Hall–Kier alpha value is -9.22. The Morgan fingerprint density at radius 3 is 0.524 bits per heavy atom. The zero-order valence-electron chi connectivity index (χ0n) is 86.7. The molecule has 0 fully saturated rings. The molecule has 0 aliphatic heterocycles. The van der Waals surface area contributed by atoms with Crippen LogP contribution < -0.4 is 0 Å². The predicted octanol–water partition coefficient (Wildman–Crippen LogP) is 23.7. The largest absolute Gasteiger partial charge is 0.478 e. The van der Waals surface area contributed by atoms with Crippen LogP contribution in [-0.2, 0) is 98.3 Å². The number of hydrogen-bond acceptors (Lipinski definition) is 33. The molecule has 0 radical (unpaired) electrons. The average Bonchev–Trinajstić information content (AvgIpc) is 0.886. The quantitative estimate of drug-likeness (QED) is 0.0185. The van der Waals surface area contributed by atoms with Crippen LogP contribution >= 0.6 is 15.2 Å². The molecule has 5 aromatic carbocycles. The Labute approximate surface area is 871 Å². The number of carboxylic acid groups (broad SMARTS) is 1. The molecule has 0 bridgehead atoms. The molecule has 0 heterocycles. The van der Waals surface area contributed by atoms with Gasteiger partial charge in [-0.15, -0.1) is 0 Å². The minimum atomic E-state index is -3.12. The molecule has 0 spiro atoms. The van der Waals surface area contributed by atoms with E-state index in [9.17, 15) is 57.1 Å². The molecule has 840 valence electrons. The van der Waals surface area contributed by atoms with Gasteiger partial charge in [0.1, 0.15) is 0 Å². The van der Waals surface area contributed by atoms with Gasteiger partial charge in [0.25, 0.3) is 0 Å². The number of carbonyl (C=O) groups is 10. The van der Waals surface area contributed by atoms with Gasteiger partial charge in [-0.1, -0.05) is 170 Å². The summed E-state index contributed by atoms with van der Waals surface area (Å²) in [5.41, 5.74) is -0.0182. The summed E-state index contributed by atoms with van der Waals surface area (Å²) in [7, 11) is 1.45. The van der Waals surface area contributed by atoms with Crippen molar-refractivity contribution >= 4 is 74.9 Å².